The highest BCUT2D eigenvalue weighted by atomic mass is 16.3. The van der Waals surface area contributed by atoms with Crippen molar-refractivity contribution in [1.82, 2.24) is 30.1 Å². The second-order valence-corrected chi connectivity index (χ2v) is 5.96. The van der Waals surface area contributed by atoms with Crippen LogP contribution in [0, 0.1) is 0 Å². The Morgan fingerprint density at radius 1 is 1.29 bits per heavy atom. The van der Waals surface area contributed by atoms with E-state index in [1.54, 1.807) is 23.1 Å². The number of aliphatic hydroxyl groups excluding tert-OH is 1. The molecule has 8 nitrogen and oxygen atoms in total. The Kier molecular flexibility index (Phi) is 3.53. The number of amides is 1. The Morgan fingerprint density at radius 2 is 2.12 bits per heavy atom. The molecule has 4 rings (SSSR count). The Bertz CT molecular complexity index is 899. The first kappa shape index (κ1) is 14.8. The SMILES string of the molecule is CCC(O)c1cc2n(n1)CCN(C(=O)c1ccc3n[nH]nc3c1)C2. The van der Waals surface area contributed by atoms with Gasteiger partial charge in [0.2, 0.25) is 0 Å². The molecule has 24 heavy (non-hydrogen) atoms. The molecular weight excluding hydrogens is 308 g/mol. The molecule has 1 aromatic carbocycles. The molecule has 0 fully saturated rings. The average Bonchev–Trinajstić information content (AvgIpc) is 3.25. The summed E-state index contributed by atoms with van der Waals surface area (Å²) in [6.45, 7) is 3.62. The van der Waals surface area contributed by atoms with Gasteiger partial charge in [0.1, 0.15) is 11.0 Å². The number of aromatic nitrogens is 5. The van der Waals surface area contributed by atoms with Gasteiger partial charge in [0.25, 0.3) is 5.91 Å². The Morgan fingerprint density at radius 3 is 2.96 bits per heavy atom. The second kappa shape index (κ2) is 5.72. The summed E-state index contributed by atoms with van der Waals surface area (Å²) in [5.41, 5.74) is 3.63. The zero-order valence-corrected chi connectivity index (χ0v) is 13.3. The maximum absolute atomic E-state index is 12.8. The van der Waals surface area contributed by atoms with E-state index in [1.165, 1.54) is 0 Å². The van der Waals surface area contributed by atoms with Gasteiger partial charge in [-0.15, -0.1) is 0 Å². The van der Waals surface area contributed by atoms with E-state index in [-0.39, 0.29) is 5.91 Å². The number of carbonyl (C=O) groups is 1. The van der Waals surface area contributed by atoms with Crippen LogP contribution in [0.1, 0.15) is 41.2 Å². The maximum atomic E-state index is 12.8. The summed E-state index contributed by atoms with van der Waals surface area (Å²) in [4.78, 5) is 14.6. The first-order valence-electron chi connectivity index (χ1n) is 8.00. The minimum Gasteiger partial charge on any atom is -0.387 e. The van der Waals surface area contributed by atoms with Crippen molar-refractivity contribution in [2.45, 2.75) is 32.5 Å². The zero-order chi connectivity index (χ0) is 16.7. The van der Waals surface area contributed by atoms with Crippen LogP contribution in [0.15, 0.2) is 24.3 Å². The molecule has 0 saturated carbocycles. The molecule has 1 aliphatic rings. The molecule has 0 saturated heterocycles. The fourth-order valence-corrected chi connectivity index (χ4v) is 2.99. The van der Waals surface area contributed by atoms with Crippen molar-refractivity contribution in [2.75, 3.05) is 6.54 Å². The number of fused-ring (bicyclic) bond motifs is 2. The molecule has 8 heteroatoms. The van der Waals surface area contributed by atoms with Crippen molar-refractivity contribution in [3.8, 4) is 0 Å². The van der Waals surface area contributed by atoms with Crippen molar-refractivity contribution < 1.29 is 9.90 Å². The van der Waals surface area contributed by atoms with Crippen LogP contribution in [0.3, 0.4) is 0 Å². The summed E-state index contributed by atoms with van der Waals surface area (Å²) in [5, 5.41) is 24.9. The number of nitrogens with zero attached hydrogens (tertiary/aromatic N) is 5. The fourth-order valence-electron chi connectivity index (χ4n) is 2.99. The number of carbonyl (C=O) groups excluding carboxylic acids is 1. The molecule has 0 spiro atoms. The Labute approximate surface area is 138 Å². The third kappa shape index (κ3) is 2.44. The lowest BCUT2D eigenvalue weighted by Crippen LogP contribution is -2.38. The molecular formula is C16H18N6O2. The van der Waals surface area contributed by atoms with Crippen LogP contribution in [-0.2, 0) is 13.1 Å². The van der Waals surface area contributed by atoms with Gasteiger partial charge >= 0.3 is 0 Å². The topological polar surface area (TPSA) is 99.9 Å². The molecule has 0 radical (unpaired) electrons. The highest BCUT2D eigenvalue weighted by Gasteiger charge is 2.24. The fraction of sp³-hybridized carbons (Fsp3) is 0.375. The first-order chi connectivity index (χ1) is 11.7. The molecule has 0 bridgehead atoms. The van der Waals surface area contributed by atoms with Gasteiger partial charge in [-0.25, -0.2) is 0 Å². The minimum absolute atomic E-state index is 0.0371. The van der Waals surface area contributed by atoms with Gasteiger partial charge < -0.3 is 10.0 Å². The number of hydrogen-bond acceptors (Lipinski definition) is 5. The van der Waals surface area contributed by atoms with Crippen molar-refractivity contribution in [3.63, 3.8) is 0 Å². The van der Waals surface area contributed by atoms with E-state index >= 15 is 0 Å². The van der Waals surface area contributed by atoms with Gasteiger partial charge in [0, 0.05) is 12.1 Å². The third-order valence-electron chi connectivity index (χ3n) is 4.40. The normalized spacial score (nSPS) is 15.5. The third-order valence-corrected chi connectivity index (χ3v) is 4.40. The quantitative estimate of drug-likeness (QED) is 0.754. The number of aromatic amines is 1. The van der Waals surface area contributed by atoms with E-state index in [9.17, 15) is 9.90 Å². The van der Waals surface area contributed by atoms with E-state index in [1.807, 2.05) is 17.7 Å². The molecule has 124 valence electrons. The van der Waals surface area contributed by atoms with Gasteiger partial charge in [-0.05, 0) is 30.7 Å². The van der Waals surface area contributed by atoms with Gasteiger partial charge in [-0.1, -0.05) is 6.92 Å². The lowest BCUT2D eigenvalue weighted by Gasteiger charge is -2.27. The van der Waals surface area contributed by atoms with Gasteiger partial charge in [0.15, 0.2) is 0 Å². The van der Waals surface area contributed by atoms with Crippen LogP contribution in [0.5, 0.6) is 0 Å². The monoisotopic (exact) mass is 326 g/mol. The van der Waals surface area contributed by atoms with Crippen LogP contribution in [0.2, 0.25) is 0 Å². The molecule has 2 N–H and O–H groups in total. The molecule has 1 unspecified atom stereocenters. The second-order valence-electron chi connectivity index (χ2n) is 5.96. The highest BCUT2D eigenvalue weighted by molar-refractivity contribution is 5.97. The Balaban J connectivity index is 1.57. The molecule has 1 aliphatic heterocycles. The molecule has 1 amide bonds. The standard InChI is InChI=1S/C16H18N6O2/c1-2-15(23)14-8-11-9-21(5-6-22(11)19-14)16(24)10-3-4-12-13(7-10)18-20-17-12/h3-4,7-8,15,23H,2,5-6,9H2,1H3,(H,17,18,20). The number of hydrogen-bond donors (Lipinski definition) is 2. The van der Waals surface area contributed by atoms with E-state index in [2.05, 4.69) is 20.5 Å². The summed E-state index contributed by atoms with van der Waals surface area (Å²) in [6, 6.07) is 7.19. The summed E-state index contributed by atoms with van der Waals surface area (Å²) in [5.74, 6) is -0.0371. The van der Waals surface area contributed by atoms with Crippen molar-refractivity contribution in [3.05, 3.63) is 41.2 Å². The first-order valence-corrected chi connectivity index (χ1v) is 8.00. The molecule has 1 atom stereocenters. The zero-order valence-electron chi connectivity index (χ0n) is 13.3. The van der Waals surface area contributed by atoms with Gasteiger partial charge in [-0.3, -0.25) is 9.48 Å². The number of H-pyrrole nitrogens is 1. The van der Waals surface area contributed by atoms with Crippen molar-refractivity contribution in [2.24, 2.45) is 0 Å². The lowest BCUT2D eigenvalue weighted by molar-refractivity contribution is 0.0706. The predicted octanol–water partition coefficient (Wildman–Crippen LogP) is 1.25. The van der Waals surface area contributed by atoms with Crippen molar-refractivity contribution in [1.29, 1.82) is 0 Å². The van der Waals surface area contributed by atoms with Crippen LogP contribution in [0.4, 0.5) is 0 Å². The summed E-state index contributed by atoms with van der Waals surface area (Å²) < 4.78 is 1.87. The van der Waals surface area contributed by atoms with E-state index in [0.29, 0.717) is 42.8 Å². The van der Waals surface area contributed by atoms with E-state index < -0.39 is 6.10 Å². The van der Waals surface area contributed by atoms with Crippen LogP contribution < -0.4 is 0 Å². The average molecular weight is 326 g/mol. The van der Waals surface area contributed by atoms with Crippen molar-refractivity contribution >= 4 is 16.9 Å². The van der Waals surface area contributed by atoms with E-state index in [0.717, 1.165) is 11.2 Å². The van der Waals surface area contributed by atoms with Gasteiger partial charge in [0.05, 0.1) is 30.6 Å². The number of nitrogens with one attached hydrogen (secondary N) is 1. The predicted molar refractivity (Wildman–Crippen MR) is 86.1 cm³/mol. The van der Waals surface area contributed by atoms with Gasteiger partial charge in [-0.2, -0.15) is 20.5 Å². The summed E-state index contributed by atoms with van der Waals surface area (Å²) in [7, 11) is 0. The number of rotatable bonds is 3. The summed E-state index contributed by atoms with van der Waals surface area (Å²) in [6.07, 6.45) is 0.0680. The van der Waals surface area contributed by atoms with E-state index in [4.69, 9.17) is 0 Å². The molecule has 3 aromatic rings. The van der Waals surface area contributed by atoms with Crippen LogP contribution in [-0.4, -0.2) is 47.6 Å². The molecule has 3 heterocycles. The van der Waals surface area contributed by atoms with Crippen LogP contribution in [0.25, 0.3) is 11.0 Å². The van der Waals surface area contributed by atoms with Crippen LogP contribution >= 0.6 is 0 Å². The Hall–Kier alpha value is -2.74. The smallest absolute Gasteiger partial charge is 0.254 e. The number of benzene rings is 1. The summed E-state index contributed by atoms with van der Waals surface area (Å²) >= 11 is 0. The number of aliphatic hydroxyl groups is 1. The lowest BCUT2D eigenvalue weighted by atomic mass is 10.1. The minimum atomic E-state index is -0.554. The maximum Gasteiger partial charge on any atom is 0.254 e. The largest absolute Gasteiger partial charge is 0.387 e. The molecule has 2 aromatic heterocycles. The highest BCUT2D eigenvalue weighted by Crippen LogP contribution is 2.21. The molecule has 0 aliphatic carbocycles.